The highest BCUT2D eigenvalue weighted by Crippen LogP contribution is 2.36. The summed E-state index contributed by atoms with van der Waals surface area (Å²) in [6.45, 7) is 7.70. The summed E-state index contributed by atoms with van der Waals surface area (Å²) in [7, 11) is 1.64. The Balaban J connectivity index is 1.55. The number of aryl methyl sites for hydroxylation is 1. The fraction of sp³-hybridized carbons (Fsp3) is 0.267. The van der Waals surface area contributed by atoms with Gasteiger partial charge in [-0.2, -0.15) is 0 Å². The molecular weight excluding hydrogens is 466 g/mol. The van der Waals surface area contributed by atoms with Crippen molar-refractivity contribution in [2.45, 2.75) is 26.2 Å². The molecule has 0 aliphatic carbocycles. The Hall–Kier alpha value is -4.26. The van der Waals surface area contributed by atoms with Crippen LogP contribution in [-0.2, 0) is 0 Å². The molecule has 0 bridgehead atoms. The number of fused-ring (bicyclic) bond motifs is 1. The van der Waals surface area contributed by atoms with Crippen LogP contribution in [0.3, 0.4) is 0 Å². The predicted octanol–water partition coefficient (Wildman–Crippen LogP) is 6.22. The largest absolute Gasteiger partial charge is 0.497 e. The number of ether oxygens (including phenoxy) is 3. The van der Waals surface area contributed by atoms with Crippen LogP contribution >= 0.6 is 0 Å². The maximum Gasteiger partial charge on any atom is 0.254 e. The van der Waals surface area contributed by atoms with Gasteiger partial charge in [-0.15, -0.1) is 0 Å². The zero-order chi connectivity index (χ0) is 25.8. The Morgan fingerprint density at radius 3 is 2.54 bits per heavy atom. The average Bonchev–Trinajstić information content (AvgIpc) is 3.41. The van der Waals surface area contributed by atoms with Crippen LogP contribution in [0.1, 0.15) is 46.4 Å². The van der Waals surface area contributed by atoms with E-state index >= 15 is 0 Å². The zero-order valence-electron chi connectivity index (χ0n) is 21.3. The number of amides is 1. The number of allylic oxidation sites excluding steroid dienone is 2. The minimum Gasteiger partial charge on any atom is -0.497 e. The van der Waals surface area contributed by atoms with Crippen molar-refractivity contribution in [3.63, 3.8) is 0 Å². The second-order valence-electron chi connectivity index (χ2n) is 9.13. The van der Waals surface area contributed by atoms with Gasteiger partial charge in [-0.05, 0) is 85.9 Å². The number of rotatable bonds is 7. The lowest BCUT2D eigenvalue weighted by atomic mass is 9.97. The number of methoxy groups -OCH3 is 1. The zero-order valence-corrected chi connectivity index (χ0v) is 21.3. The molecule has 0 atom stereocenters. The van der Waals surface area contributed by atoms with E-state index in [2.05, 4.69) is 11.9 Å². The molecule has 1 N–H and O–H groups in total. The maximum absolute atomic E-state index is 13.8. The molecule has 2 aliphatic rings. The van der Waals surface area contributed by atoms with Crippen LogP contribution in [-0.4, -0.2) is 42.8 Å². The number of carbonyl (C=O) groups excluding carboxylic acids is 1. The molecular formula is C30H31N3O4. The predicted molar refractivity (Wildman–Crippen MR) is 146 cm³/mol. The molecule has 2 aliphatic heterocycles. The van der Waals surface area contributed by atoms with E-state index in [0.29, 0.717) is 17.1 Å². The molecule has 0 radical (unpaired) electrons. The van der Waals surface area contributed by atoms with Crippen LogP contribution in [0.15, 0.2) is 61.2 Å². The van der Waals surface area contributed by atoms with Crippen LogP contribution in [0.25, 0.3) is 11.6 Å². The van der Waals surface area contributed by atoms with Gasteiger partial charge in [0, 0.05) is 30.0 Å². The number of piperidine rings is 1. The monoisotopic (exact) mass is 497 g/mol. The SMILES string of the molecule is C=C/C(=C\c1c(C(=O)N2CCCCC2)cc(Nc2ccc(OC)cc2)nc1C)c1ccc2c(c1)OCO2. The number of benzene rings is 2. The van der Waals surface area contributed by atoms with E-state index in [1.54, 1.807) is 13.2 Å². The number of hydrogen-bond donors (Lipinski definition) is 1. The molecule has 37 heavy (non-hydrogen) atoms. The molecule has 3 heterocycles. The van der Waals surface area contributed by atoms with Crippen LogP contribution in [0.5, 0.6) is 17.2 Å². The van der Waals surface area contributed by atoms with Gasteiger partial charge in [-0.1, -0.05) is 18.7 Å². The van der Waals surface area contributed by atoms with Gasteiger partial charge in [0.2, 0.25) is 6.79 Å². The van der Waals surface area contributed by atoms with Crippen LogP contribution < -0.4 is 19.5 Å². The first-order valence-electron chi connectivity index (χ1n) is 12.5. The van der Waals surface area contributed by atoms with Gasteiger partial charge in [0.25, 0.3) is 5.91 Å². The average molecular weight is 498 g/mol. The third-order valence-corrected chi connectivity index (χ3v) is 6.71. The second kappa shape index (κ2) is 10.8. The molecule has 190 valence electrons. The Morgan fingerprint density at radius 2 is 1.81 bits per heavy atom. The lowest BCUT2D eigenvalue weighted by Gasteiger charge is -2.28. The minimum atomic E-state index is 0.0170. The first-order chi connectivity index (χ1) is 18.1. The number of nitrogens with zero attached hydrogens (tertiary/aromatic N) is 2. The second-order valence-corrected chi connectivity index (χ2v) is 9.13. The quantitative estimate of drug-likeness (QED) is 0.391. The highest BCUT2D eigenvalue weighted by atomic mass is 16.7. The van der Waals surface area contributed by atoms with Gasteiger partial charge in [-0.3, -0.25) is 4.79 Å². The molecule has 7 heteroatoms. The van der Waals surface area contributed by atoms with Crippen LogP contribution in [0.4, 0.5) is 11.5 Å². The van der Waals surface area contributed by atoms with Crippen molar-refractivity contribution in [2.75, 3.05) is 32.3 Å². The standard InChI is InChI=1S/C30H31N3O4/c1-4-21(22-8-13-27-28(17-22)37-19-36-27)16-25-20(2)31-29(32-23-9-11-24(35-3)12-10-23)18-26(25)30(34)33-14-6-5-7-15-33/h4,8-13,16-18H,1,5-7,14-15,19H2,2-3H3,(H,31,32)/b21-16+. The van der Waals surface area contributed by atoms with Gasteiger partial charge in [0.1, 0.15) is 11.6 Å². The summed E-state index contributed by atoms with van der Waals surface area (Å²) in [5, 5.41) is 3.34. The Kier molecular flexibility index (Phi) is 7.12. The molecule has 5 rings (SSSR count). The summed E-state index contributed by atoms with van der Waals surface area (Å²) in [4.78, 5) is 20.5. The van der Waals surface area contributed by atoms with Crippen LogP contribution in [0.2, 0.25) is 0 Å². The van der Waals surface area contributed by atoms with Gasteiger partial charge < -0.3 is 24.4 Å². The first kappa shape index (κ1) is 24.4. The number of carbonyl (C=O) groups is 1. The van der Waals surface area contributed by atoms with Crippen molar-refractivity contribution < 1.29 is 19.0 Å². The molecule has 7 nitrogen and oxygen atoms in total. The van der Waals surface area contributed by atoms with E-state index in [1.165, 1.54) is 0 Å². The molecule has 2 aromatic carbocycles. The molecule has 1 saturated heterocycles. The van der Waals surface area contributed by atoms with E-state index in [9.17, 15) is 4.79 Å². The normalized spacial score (nSPS) is 14.9. The number of aromatic nitrogens is 1. The van der Waals surface area contributed by atoms with E-state index < -0.39 is 0 Å². The minimum absolute atomic E-state index is 0.0170. The summed E-state index contributed by atoms with van der Waals surface area (Å²) < 4.78 is 16.3. The molecule has 1 fully saturated rings. The molecule has 1 aromatic heterocycles. The number of pyridine rings is 1. The highest BCUT2D eigenvalue weighted by Gasteiger charge is 2.23. The lowest BCUT2D eigenvalue weighted by molar-refractivity contribution is 0.0724. The van der Waals surface area contributed by atoms with Gasteiger partial charge in [0.15, 0.2) is 11.5 Å². The van der Waals surface area contributed by atoms with Crippen molar-refractivity contribution >= 4 is 29.1 Å². The first-order valence-corrected chi connectivity index (χ1v) is 12.5. The van der Waals surface area contributed by atoms with Crippen molar-refractivity contribution in [2.24, 2.45) is 0 Å². The summed E-state index contributed by atoms with van der Waals surface area (Å²) in [5.41, 5.74) is 4.80. The third-order valence-electron chi connectivity index (χ3n) is 6.71. The number of likely N-dealkylation sites (tertiary alicyclic amines) is 1. The van der Waals surface area contributed by atoms with Crippen molar-refractivity contribution in [3.8, 4) is 17.2 Å². The number of anilines is 2. The molecule has 3 aromatic rings. The smallest absolute Gasteiger partial charge is 0.254 e. The Labute approximate surface area is 217 Å². The summed E-state index contributed by atoms with van der Waals surface area (Å²) in [6.07, 6.45) is 6.97. The van der Waals surface area contributed by atoms with Gasteiger partial charge in [0.05, 0.1) is 12.7 Å². The topological polar surface area (TPSA) is 72.9 Å². The van der Waals surface area contributed by atoms with E-state index in [4.69, 9.17) is 19.2 Å². The molecule has 0 unspecified atom stereocenters. The van der Waals surface area contributed by atoms with Crippen LogP contribution in [0, 0.1) is 6.92 Å². The van der Waals surface area contributed by atoms with E-state index in [1.807, 2.05) is 66.4 Å². The molecule has 1 amide bonds. The Bertz CT molecular complexity index is 1340. The summed E-state index contributed by atoms with van der Waals surface area (Å²) >= 11 is 0. The lowest BCUT2D eigenvalue weighted by Crippen LogP contribution is -2.36. The maximum atomic E-state index is 13.8. The number of hydrogen-bond acceptors (Lipinski definition) is 6. The van der Waals surface area contributed by atoms with Crippen molar-refractivity contribution in [1.82, 2.24) is 9.88 Å². The van der Waals surface area contributed by atoms with Crippen molar-refractivity contribution in [1.29, 1.82) is 0 Å². The fourth-order valence-electron chi connectivity index (χ4n) is 4.69. The summed E-state index contributed by atoms with van der Waals surface area (Å²) in [6, 6.07) is 15.3. The van der Waals surface area contributed by atoms with E-state index in [0.717, 1.165) is 71.9 Å². The van der Waals surface area contributed by atoms with Crippen molar-refractivity contribution in [3.05, 3.63) is 83.6 Å². The highest BCUT2D eigenvalue weighted by molar-refractivity contribution is 6.02. The number of nitrogens with one attached hydrogen (secondary N) is 1. The molecule has 0 saturated carbocycles. The molecule has 0 spiro atoms. The van der Waals surface area contributed by atoms with E-state index in [-0.39, 0.29) is 12.7 Å². The van der Waals surface area contributed by atoms with Gasteiger partial charge in [-0.25, -0.2) is 4.98 Å². The Morgan fingerprint density at radius 1 is 1.05 bits per heavy atom. The van der Waals surface area contributed by atoms with Gasteiger partial charge >= 0.3 is 0 Å². The third kappa shape index (κ3) is 5.31. The fourth-order valence-corrected chi connectivity index (χ4v) is 4.69. The summed E-state index contributed by atoms with van der Waals surface area (Å²) in [5.74, 6) is 2.83.